The lowest BCUT2D eigenvalue weighted by Gasteiger charge is -2.18. The first-order chi connectivity index (χ1) is 12.1. The molecule has 3 aromatic rings. The molecular weight excluding hydrogens is 314 g/mol. The van der Waals surface area contributed by atoms with Gasteiger partial charge in [-0.2, -0.15) is 5.10 Å². The molecule has 0 fully saturated rings. The molecule has 3 N–H and O–H groups in total. The number of hydrogen-bond acceptors (Lipinski definition) is 3. The molecule has 0 unspecified atom stereocenters. The Morgan fingerprint density at radius 2 is 1.88 bits per heavy atom. The summed E-state index contributed by atoms with van der Waals surface area (Å²) in [4.78, 5) is 12.9. The molecule has 2 aromatic carbocycles. The topological polar surface area (TPSA) is 78.0 Å². The highest BCUT2D eigenvalue weighted by Crippen LogP contribution is 2.32. The van der Waals surface area contributed by atoms with Crippen LogP contribution < -0.4 is 5.32 Å². The van der Waals surface area contributed by atoms with Gasteiger partial charge in [0.1, 0.15) is 5.69 Å². The Hall–Kier alpha value is -2.92. The van der Waals surface area contributed by atoms with E-state index in [4.69, 9.17) is 0 Å². The van der Waals surface area contributed by atoms with E-state index >= 15 is 0 Å². The summed E-state index contributed by atoms with van der Waals surface area (Å²) in [6, 6.07) is 17.0. The minimum atomic E-state index is -0.617. The van der Waals surface area contributed by atoms with E-state index in [1.54, 1.807) is 0 Å². The van der Waals surface area contributed by atoms with Gasteiger partial charge in [-0.15, -0.1) is 0 Å². The van der Waals surface area contributed by atoms with Crippen molar-refractivity contribution < 1.29 is 9.90 Å². The van der Waals surface area contributed by atoms with Crippen LogP contribution in [0, 0.1) is 6.92 Å². The molecule has 0 aliphatic heterocycles. The van der Waals surface area contributed by atoms with Gasteiger partial charge in [-0.25, -0.2) is 0 Å². The van der Waals surface area contributed by atoms with Crippen LogP contribution in [0.4, 0.5) is 0 Å². The number of carbonyl (C=O) groups excluding carboxylic acids is 1. The first-order valence-corrected chi connectivity index (χ1v) is 8.32. The third-order valence-corrected chi connectivity index (χ3v) is 4.71. The van der Waals surface area contributed by atoms with Crippen LogP contribution >= 0.6 is 0 Å². The van der Waals surface area contributed by atoms with Crippen LogP contribution in [0.2, 0.25) is 0 Å². The summed E-state index contributed by atoms with van der Waals surface area (Å²) in [6.45, 7) is 1.83. The minimum absolute atomic E-state index is 0.231. The molecular formula is C20H19N3O2. The Bertz CT molecular complexity index is 918. The monoisotopic (exact) mass is 333 g/mol. The van der Waals surface area contributed by atoms with Crippen LogP contribution in [0.25, 0.3) is 11.3 Å². The maximum absolute atomic E-state index is 12.9. The first kappa shape index (κ1) is 15.6. The van der Waals surface area contributed by atoms with Gasteiger partial charge in [0.25, 0.3) is 5.91 Å². The molecule has 0 spiro atoms. The number of aromatic amines is 1. The van der Waals surface area contributed by atoms with Crippen LogP contribution in [0.15, 0.2) is 54.6 Å². The highest BCUT2D eigenvalue weighted by molar-refractivity contribution is 6.01. The Balaban J connectivity index is 1.66. The summed E-state index contributed by atoms with van der Waals surface area (Å²) in [5, 5.41) is 20.6. The molecule has 5 nitrogen and oxygen atoms in total. The van der Waals surface area contributed by atoms with E-state index in [1.807, 2.05) is 61.5 Å². The molecule has 4 rings (SSSR count). The van der Waals surface area contributed by atoms with Crippen molar-refractivity contribution in [3.63, 3.8) is 0 Å². The van der Waals surface area contributed by atoms with Crippen molar-refractivity contribution in [2.24, 2.45) is 0 Å². The number of carbonyl (C=O) groups is 1. The fourth-order valence-corrected chi connectivity index (χ4v) is 3.47. The van der Waals surface area contributed by atoms with Gasteiger partial charge in [0.15, 0.2) is 0 Å². The average Bonchev–Trinajstić information content (AvgIpc) is 3.16. The normalized spacial score (nSPS) is 18.8. The van der Waals surface area contributed by atoms with Crippen LogP contribution in [0.3, 0.4) is 0 Å². The van der Waals surface area contributed by atoms with Crippen molar-refractivity contribution in [3.8, 4) is 11.3 Å². The molecule has 1 aliphatic rings. The summed E-state index contributed by atoms with van der Waals surface area (Å²) < 4.78 is 0. The zero-order valence-corrected chi connectivity index (χ0v) is 13.9. The fraction of sp³-hybridized carbons (Fsp3) is 0.200. The molecule has 2 atom stereocenters. The zero-order chi connectivity index (χ0) is 17.4. The Kier molecular flexibility index (Phi) is 3.86. The lowest BCUT2D eigenvalue weighted by atomic mass is 10.0. The summed E-state index contributed by atoms with van der Waals surface area (Å²) in [6.07, 6.45) is -0.0643. The van der Waals surface area contributed by atoms with Crippen molar-refractivity contribution in [3.05, 3.63) is 77.0 Å². The van der Waals surface area contributed by atoms with Crippen LogP contribution in [0.5, 0.6) is 0 Å². The van der Waals surface area contributed by atoms with E-state index < -0.39 is 12.1 Å². The minimum Gasteiger partial charge on any atom is -0.390 e. The zero-order valence-electron chi connectivity index (χ0n) is 13.9. The number of hydrogen-bond donors (Lipinski definition) is 3. The molecule has 126 valence electrons. The Morgan fingerprint density at radius 1 is 1.16 bits per heavy atom. The van der Waals surface area contributed by atoms with Gasteiger partial charge in [0, 0.05) is 17.7 Å². The number of aryl methyl sites for hydroxylation is 1. The number of nitrogens with one attached hydrogen (secondary N) is 2. The number of aliphatic hydroxyl groups is 1. The number of amides is 1. The number of benzene rings is 2. The molecule has 0 radical (unpaired) electrons. The lowest BCUT2D eigenvalue weighted by Crippen LogP contribution is -2.34. The molecule has 1 aliphatic carbocycles. The van der Waals surface area contributed by atoms with E-state index in [9.17, 15) is 9.90 Å². The molecule has 5 heteroatoms. The summed E-state index contributed by atoms with van der Waals surface area (Å²) in [5.74, 6) is -0.231. The first-order valence-electron chi connectivity index (χ1n) is 8.32. The Labute approximate surface area is 145 Å². The van der Waals surface area contributed by atoms with Crippen LogP contribution in [0.1, 0.15) is 33.2 Å². The van der Waals surface area contributed by atoms with Gasteiger partial charge in [-0.05, 0) is 18.1 Å². The number of aromatic nitrogens is 2. The van der Waals surface area contributed by atoms with Crippen molar-refractivity contribution in [2.75, 3.05) is 0 Å². The second-order valence-corrected chi connectivity index (χ2v) is 6.36. The maximum Gasteiger partial charge on any atom is 0.255 e. The van der Waals surface area contributed by atoms with Gasteiger partial charge in [0.2, 0.25) is 0 Å². The van der Waals surface area contributed by atoms with Crippen molar-refractivity contribution in [1.82, 2.24) is 15.5 Å². The van der Waals surface area contributed by atoms with E-state index in [2.05, 4.69) is 15.5 Å². The summed E-state index contributed by atoms with van der Waals surface area (Å²) in [7, 11) is 0. The number of rotatable bonds is 3. The molecule has 1 heterocycles. The molecule has 0 bridgehead atoms. The second kappa shape index (κ2) is 6.18. The number of nitrogens with zero attached hydrogens (tertiary/aromatic N) is 1. The smallest absolute Gasteiger partial charge is 0.255 e. The Morgan fingerprint density at radius 3 is 2.68 bits per heavy atom. The summed E-state index contributed by atoms with van der Waals surface area (Å²) in [5.41, 5.74) is 4.78. The number of aliphatic hydroxyl groups excluding tert-OH is 1. The predicted molar refractivity (Wildman–Crippen MR) is 95.1 cm³/mol. The largest absolute Gasteiger partial charge is 0.390 e. The van der Waals surface area contributed by atoms with E-state index in [0.29, 0.717) is 23.4 Å². The molecule has 1 aromatic heterocycles. The van der Waals surface area contributed by atoms with Crippen molar-refractivity contribution >= 4 is 5.91 Å². The number of fused-ring (bicyclic) bond motifs is 1. The van der Waals surface area contributed by atoms with Gasteiger partial charge in [0.05, 0.1) is 17.7 Å². The molecule has 1 amide bonds. The maximum atomic E-state index is 12.9. The van der Waals surface area contributed by atoms with E-state index in [-0.39, 0.29) is 5.91 Å². The predicted octanol–water partition coefficient (Wildman–Crippen LogP) is 2.77. The molecule has 25 heavy (non-hydrogen) atoms. The third kappa shape index (κ3) is 2.72. The van der Waals surface area contributed by atoms with Gasteiger partial charge in [-0.3, -0.25) is 9.89 Å². The van der Waals surface area contributed by atoms with Crippen molar-refractivity contribution in [1.29, 1.82) is 0 Å². The second-order valence-electron chi connectivity index (χ2n) is 6.36. The fourth-order valence-electron chi connectivity index (χ4n) is 3.47. The van der Waals surface area contributed by atoms with Crippen LogP contribution in [-0.2, 0) is 6.42 Å². The SMILES string of the molecule is Cc1[nH]nc(-c2ccccc2)c1C(=O)N[C@@H]1c2ccccc2C[C@@H]1O. The van der Waals surface area contributed by atoms with E-state index in [0.717, 1.165) is 16.7 Å². The van der Waals surface area contributed by atoms with Crippen molar-refractivity contribution in [2.45, 2.75) is 25.5 Å². The van der Waals surface area contributed by atoms with E-state index in [1.165, 1.54) is 0 Å². The van der Waals surface area contributed by atoms with Gasteiger partial charge < -0.3 is 10.4 Å². The van der Waals surface area contributed by atoms with Gasteiger partial charge in [-0.1, -0.05) is 54.6 Å². The third-order valence-electron chi connectivity index (χ3n) is 4.71. The molecule has 0 saturated heterocycles. The standard InChI is InChI=1S/C20H19N3O2/c1-12-17(18(23-22-12)13-7-3-2-4-8-13)20(25)21-19-15-10-6-5-9-14(15)11-16(19)24/h2-10,16,19,24H,11H2,1H3,(H,21,25)(H,22,23)/t16-,19+/m0/s1. The highest BCUT2D eigenvalue weighted by Gasteiger charge is 2.33. The average molecular weight is 333 g/mol. The van der Waals surface area contributed by atoms with Crippen LogP contribution in [-0.4, -0.2) is 27.3 Å². The summed E-state index contributed by atoms with van der Waals surface area (Å²) >= 11 is 0. The highest BCUT2D eigenvalue weighted by atomic mass is 16.3. The number of H-pyrrole nitrogens is 1. The van der Waals surface area contributed by atoms with Gasteiger partial charge >= 0.3 is 0 Å². The quantitative estimate of drug-likeness (QED) is 0.690. The lowest BCUT2D eigenvalue weighted by molar-refractivity contribution is 0.0858. The molecule has 0 saturated carbocycles.